The molecule has 3 aromatic rings. The number of hydrogen-bond donors (Lipinski definition) is 1. The fourth-order valence-corrected chi connectivity index (χ4v) is 3.86. The number of para-hydroxylation sites is 1. The highest BCUT2D eigenvalue weighted by Gasteiger charge is 2.27. The number of rotatable bonds is 5. The van der Waals surface area contributed by atoms with Crippen LogP contribution < -0.4 is 15.0 Å². The number of anilines is 2. The maximum atomic E-state index is 13.1. The normalized spacial score (nSPS) is 16.2. The number of amides is 1. The van der Waals surface area contributed by atoms with E-state index >= 15 is 0 Å². The quantitative estimate of drug-likeness (QED) is 0.689. The van der Waals surface area contributed by atoms with Crippen LogP contribution in [0.15, 0.2) is 60.9 Å². The number of hydrogen-bond acceptors (Lipinski definition) is 5. The van der Waals surface area contributed by atoms with Crippen molar-refractivity contribution in [1.29, 1.82) is 0 Å². The van der Waals surface area contributed by atoms with E-state index in [2.05, 4.69) is 20.2 Å². The van der Waals surface area contributed by atoms with Crippen molar-refractivity contribution < 1.29 is 9.53 Å². The Kier molecular flexibility index (Phi) is 5.93. The maximum absolute atomic E-state index is 13.1. The summed E-state index contributed by atoms with van der Waals surface area (Å²) in [5.41, 5.74) is 3.78. The third-order valence-corrected chi connectivity index (χ3v) is 5.49. The zero-order valence-corrected chi connectivity index (χ0v) is 17.3. The standard InChI is InChI=1S/C24H26N4O2/c1-17-14-23(26-16-25-17)28-13-5-6-19(15-28)24(29)27-22-8-4-3-7-21(22)18-9-11-20(30-2)12-10-18/h3-4,7-12,14,16,19H,5-6,13,15H2,1-2H3,(H,27,29). The number of carbonyl (C=O) groups is 1. The van der Waals surface area contributed by atoms with Crippen LogP contribution in [0.25, 0.3) is 11.1 Å². The van der Waals surface area contributed by atoms with Gasteiger partial charge in [0, 0.05) is 36.1 Å². The summed E-state index contributed by atoms with van der Waals surface area (Å²) >= 11 is 0. The summed E-state index contributed by atoms with van der Waals surface area (Å²) < 4.78 is 5.25. The Hall–Kier alpha value is -3.41. The van der Waals surface area contributed by atoms with E-state index < -0.39 is 0 Å². The molecule has 0 spiro atoms. The number of benzene rings is 2. The van der Waals surface area contributed by atoms with Crippen molar-refractivity contribution in [1.82, 2.24) is 9.97 Å². The van der Waals surface area contributed by atoms with Gasteiger partial charge in [0.25, 0.3) is 0 Å². The smallest absolute Gasteiger partial charge is 0.229 e. The molecule has 0 bridgehead atoms. The van der Waals surface area contributed by atoms with Gasteiger partial charge >= 0.3 is 0 Å². The van der Waals surface area contributed by atoms with Crippen molar-refractivity contribution >= 4 is 17.4 Å². The van der Waals surface area contributed by atoms with Crippen molar-refractivity contribution in [2.45, 2.75) is 19.8 Å². The van der Waals surface area contributed by atoms with Crippen molar-refractivity contribution in [3.8, 4) is 16.9 Å². The lowest BCUT2D eigenvalue weighted by molar-refractivity contribution is -0.120. The largest absolute Gasteiger partial charge is 0.497 e. The number of methoxy groups -OCH3 is 1. The van der Waals surface area contributed by atoms with Crippen molar-refractivity contribution in [2.75, 3.05) is 30.4 Å². The molecule has 1 atom stereocenters. The highest BCUT2D eigenvalue weighted by molar-refractivity contribution is 5.97. The summed E-state index contributed by atoms with van der Waals surface area (Å²) in [6.07, 6.45) is 3.41. The first-order chi connectivity index (χ1) is 14.6. The molecule has 0 aliphatic carbocycles. The van der Waals surface area contributed by atoms with Gasteiger partial charge in [0.1, 0.15) is 17.9 Å². The lowest BCUT2D eigenvalue weighted by Gasteiger charge is -2.33. The second-order valence-corrected chi connectivity index (χ2v) is 7.57. The zero-order valence-electron chi connectivity index (χ0n) is 17.3. The predicted octanol–water partition coefficient (Wildman–Crippen LogP) is 4.32. The molecule has 2 aromatic carbocycles. The second-order valence-electron chi connectivity index (χ2n) is 7.57. The van der Waals surface area contributed by atoms with Gasteiger partial charge in [-0.05, 0) is 43.5 Å². The van der Waals surface area contributed by atoms with Crippen LogP contribution in [-0.4, -0.2) is 36.1 Å². The van der Waals surface area contributed by atoms with Gasteiger partial charge in [-0.15, -0.1) is 0 Å². The summed E-state index contributed by atoms with van der Waals surface area (Å²) in [5.74, 6) is 1.66. The van der Waals surface area contributed by atoms with E-state index in [4.69, 9.17) is 4.74 Å². The van der Waals surface area contributed by atoms with Crippen LogP contribution in [0.5, 0.6) is 5.75 Å². The van der Waals surface area contributed by atoms with Gasteiger partial charge in [0.2, 0.25) is 5.91 Å². The lowest BCUT2D eigenvalue weighted by atomic mass is 9.96. The van der Waals surface area contributed by atoms with Crippen LogP contribution in [0, 0.1) is 12.8 Å². The van der Waals surface area contributed by atoms with Gasteiger partial charge in [0.05, 0.1) is 13.0 Å². The van der Waals surface area contributed by atoms with E-state index in [9.17, 15) is 4.79 Å². The van der Waals surface area contributed by atoms with Crippen LogP contribution >= 0.6 is 0 Å². The number of carbonyl (C=O) groups excluding carboxylic acids is 1. The first kappa shape index (κ1) is 19.9. The predicted molar refractivity (Wildman–Crippen MR) is 119 cm³/mol. The van der Waals surface area contributed by atoms with E-state index in [0.717, 1.165) is 53.5 Å². The minimum absolute atomic E-state index is 0.0476. The van der Waals surface area contributed by atoms with Crippen LogP contribution in [0.2, 0.25) is 0 Å². The number of aromatic nitrogens is 2. The van der Waals surface area contributed by atoms with Gasteiger partial charge in [-0.2, -0.15) is 0 Å². The third-order valence-electron chi connectivity index (χ3n) is 5.49. The summed E-state index contributed by atoms with van der Waals surface area (Å²) in [6, 6.07) is 17.7. The first-order valence-corrected chi connectivity index (χ1v) is 10.2. The van der Waals surface area contributed by atoms with E-state index in [1.807, 2.05) is 61.5 Å². The molecule has 1 unspecified atom stereocenters. The highest BCUT2D eigenvalue weighted by atomic mass is 16.5. The van der Waals surface area contributed by atoms with Crippen molar-refractivity contribution in [3.05, 3.63) is 66.6 Å². The van der Waals surface area contributed by atoms with Gasteiger partial charge < -0.3 is 15.0 Å². The van der Waals surface area contributed by atoms with E-state index in [-0.39, 0.29) is 11.8 Å². The molecule has 4 rings (SSSR count). The molecular weight excluding hydrogens is 376 g/mol. The Morgan fingerprint density at radius 2 is 1.93 bits per heavy atom. The fourth-order valence-electron chi connectivity index (χ4n) is 3.86. The molecular formula is C24H26N4O2. The molecule has 2 heterocycles. The van der Waals surface area contributed by atoms with Crippen LogP contribution in [0.1, 0.15) is 18.5 Å². The van der Waals surface area contributed by atoms with Crippen LogP contribution in [0.3, 0.4) is 0 Å². The summed E-state index contributed by atoms with van der Waals surface area (Å²) in [4.78, 5) is 23.8. The van der Waals surface area contributed by atoms with Crippen LogP contribution in [-0.2, 0) is 4.79 Å². The van der Waals surface area contributed by atoms with Crippen molar-refractivity contribution in [2.24, 2.45) is 5.92 Å². The summed E-state index contributed by atoms with van der Waals surface area (Å²) in [6.45, 7) is 3.52. The number of aryl methyl sites for hydroxylation is 1. The minimum Gasteiger partial charge on any atom is -0.497 e. The SMILES string of the molecule is COc1ccc(-c2ccccc2NC(=O)C2CCCN(c3cc(C)ncn3)C2)cc1. The molecule has 0 radical (unpaired) electrons. The first-order valence-electron chi connectivity index (χ1n) is 10.2. The Morgan fingerprint density at radius 1 is 1.13 bits per heavy atom. The Bertz CT molecular complexity index is 1020. The monoisotopic (exact) mass is 402 g/mol. The molecule has 1 fully saturated rings. The van der Waals surface area contributed by atoms with E-state index in [1.54, 1.807) is 13.4 Å². The third kappa shape index (κ3) is 4.43. The highest BCUT2D eigenvalue weighted by Crippen LogP contribution is 2.30. The Labute approximate surface area is 176 Å². The minimum atomic E-state index is -0.0852. The maximum Gasteiger partial charge on any atom is 0.229 e. The van der Waals surface area contributed by atoms with Gasteiger partial charge in [-0.1, -0.05) is 30.3 Å². The van der Waals surface area contributed by atoms with Gasteiger partial charge in [-0.25, -0.2) is 9.97 Å². The van der Waals surface area contributed by atoms with E-state index in [0.29, 0.717) is 6.54 Å². The molecule has 1 saturated heterocycles. The molecule has 0 saturated carbocycles. The average Bonchev–Trinajstić information content (AvgIpc) is 2.79. The number of nitrogens with zero attached hydrogens (tertiary/aromatic N) is 3. The molecule has 1 aliphatic rings. The van der Waals surface area contributed by atoms with Gasteiger partial charge in [-0.3, -0.25) is 4.79 Å². The summed E-state index contributed by atoms with van der Waals surface area (Å²) in [7, 11) is 1.65. The molecule has 6 heteroatoms. The molecule has 30 heavy (non-hydrogen) atoms. The number of piperidine rings is 1. The van der Waals surface area contributed by atoms with Crippen molar-refractivity contribution in [3.63, 3.8) is 0 Å². The fraction of sp³-hybridized carbons (Fsp3) is 0.292. The lowest BCUT2D eigenvalue weighted by Crippen LogP contribution is -2.41. The molecule has 154 valence electrons. The molecule has 1 aliphatic heterocycles. The molecule has 1 aromatic heterocycles. The molecule has 1 amide bonds. The molecule has 1 N–H and O–H groups in total. The zero-order chi connectivity index (χ0) is 20.9. The second kappa shape index (κ2) is 8.95. The molecule has 6 nitrogen and oxygen atoms in total. The van der Waals surface area contributed by atoms with Gasteiger partial charge in [0.15, 0.2) is 0 Å². The Morgan fingerprint density at radius 3 is 2.70 bits per heavy atom. The number of ether oxygens (including phenoxy) is 1. The van der Waals surface area contributed by atoms with Crippen LogP contribution in [0.4, 0.5) is 11.5 Å². The number of nitrogens with one attached hydrogen (secondary N) is 1. The van der Waals surface area contributed by atoms with E-state index in [1.165, 1.54) is 0 Å². The summed E-state index contributed by atoms with van der Waals surface area (Å²) in [5, 5.41) is 3.16. The average molecular weight is 402 g/mol. The Balaban J connectivity index is 1.50. The topological polar surface area (TPSA) is 67.3 Å².